The number of carbonyl (C=O) groups is 1. The molecule has 0 radical (unpaired) electrons. The van der Waals surface area contributed by atoms with E-state index in [4.69, 9.17) is 21.3 Å². The highest BCUT2D eigenvalue weighted by molar-refractivity contribution is 7.99. The SMILES string of the molecule is CCOc1ccc2nc(N(Cc3ccccn3)C(=O)CCCSc3ccc(Cl)cc3)sc2c1. The van der Waals surface area contributed by atoms with E-state index in [1.165, 1.54) is 11.3 Å². The molecular weight excluding hydrogens is 474 g/mol. The maximum absolute atomic E-state index is 13.3. The van der Waals surface area contributed by atoms with Gasteiger partial charge in [0.1, 0.15) is 5.75 Å². The largest absolute Gasteiger partial charge is 0.494 e. The number of anilines is 1. The van der Waals surface area contributed by atoms with Gasteiger partial charge in [-0.25, -0.2) is 4.98 Å². The molecule has 0 unspecified atom stereocenters. The van der Waals surface area contributed by atoms with E-state index in [0.717, 1.165) is 43.8 Å². The Labute approximate surface area is 206 Å². The molecule has 0 N–H and O–H groups in total. The summed E-state index contributed by atoms with van der Waals surface area (Å²) in [5.41, 5.74) is 1.69. The van der Waals surface area contributed by atoms with Gasteiger partial charge in [-0.15, -0.1) is 11.8 Å². The standard InChI is InChI=1S/C25H24ClN3O2S2/c1-2-31-20-10-13-22-23(16-20)33-25(28-22)29(17-19-6-3-4-14-27-19)24(30)7-5-15-32-21-11-8-18(26)9-12-21/h3-4,6,8-14,16H,2,5,7,15,17H2,1H3. The number of halogens is 1. The Kier molecular flexibility index (Phi) is 8.20. The van der Waals surface area contributed by atoms with E-state index < -0.39 is 0 Å². The molecule has 0 saturated heterocycles. The fraction of sp³-hybridized carbons (Fsp3) is 0.240. The van der Waals surface area contributed by atoms with E-state index in [1.54, 1.807) is 22.9 Å². The summed E-state index contributed by atoms with van der Waals surface area (Å²) in [6.07, 6.45) is 2.95. The van der Waals surface area contributed by atoms with Crippen LogP contribution in [0.25, 0.3) is 10.2 Å². The Hall–Kier alpha value is -2.61. The molecule has 5 nitrogen and oxygen atoms in total. The number of ether oxygens (including phenoxy) is 1. The van der Waals surface area contributed by atoms with Gasteiger partial charge >= 0.3 is 0 Å². The van der Waals surface area contributed by atoms with Gasteiger partial charge in [0.25, 0.3) is 0 Å². The molecule has 0 bridgehead atoms. The highest BCUT2D eigenvalue weighted by atomic mass is 35.5. The zero-order valence-corrected chi connectivity index (χ0v) is 20.6. The second-order valence-corrected chi connectivity index (χ2v) is 9.88. The normalized spacial score (nSPS) is 11.0. The van der Waals surface area contributed by atoms with Gasteiger partial charge in [-0.2, -0.15) is 0 Å². The van der Waals surface area contributed by atoms with E-state index in [2.05, 4.69) is 4.98 Å². The molecule has 2 heterocycles. The van der Waals surface area contributed by atoms with Crippen molar-refractivity contribution in [1.29, 1.82) is 0 Å². The lowest BCUT2D eigenvalue weighted by molar-refractivity contribution is -0.118. The van der Waals surface area contributed by atoms with Crippen LogP contribution in [0.4, 0.5) is 5.13 Å². The number of carbonyl (C=O) groups excluding carboxylic acids is 1. The number of thioether (sulfide) groups is 1. The lowest BCUT2D eigenvalue weighted by Crippen LogP contribution is -2.30. The molecule has 4 aromatic rings. The Morgan fingerprint density at radius 1 is 1.15 bits per heavy atom. The Morgan fingerprint density at radius 3 is 2.76 bits per heavy atom. The first-order chi connectivity index (χ1) is 16.1. The minimum absolute atomic E-state index is 0.0430. The summed E-state index contributed by atoms with van der Waals surface area (Å²) in [5.74, 6) is 1.70. The van der Waals surface area contributed by atoms with Gasteiger partial charge < -0.3 is 4.74 Å². The number of rotatable bonds is 10. The molecular formula is C25H24ClN3O2S2. The van der Waals surface area contributed by atoms with Crippen molar-refractivity contribution in [3.63, 3.8) is 0 Å². The maximum atomic E-state index is 13.3. The number of hydrogen-bond donors (Lipinski definition) is 0. The number of hydrogen-bond acceptors (Lipinski definition) is 6. The van der Waals surface area contributed by atoms with Gasteiger partial charge in [-0.3, -0.25) is 14.7 Å². The van der Waals surface area contributed by atoms with Gasteiger partial charge in [-0.05, 0) is 73.7 Å². The molecule has 0 atom stereocenters. The smallest absolute Gasteiger partial charge is 0.229 e. The second-order valence-electron chi connectivity index (χ2n) is 7.27. The van der Waals surface area contributed by atoms with Gasteiger partial charge in [0.2, 0.25) is 5.91 Å². The van der Waals surface area contributed by atoms with Crippen molar-refractivity contribution in [1.82, 2.24) is 9.97 Å². The molecule has 1 amide bonds. The summed E-state index contributed by atoms with van der Waals surface area (Å²) >= 11 is 9.17. The minimum Gasteiger partial charge on any atom is -0.494 e. The van der Waals surface area contributed by atoms with Crippen LogP contribution in [0.15, 0.2) is 71.8 Å². The predicted molar refractivity (Wildman–Crippen MR) is 138 cm³/mol. The third-order valence-corrected chi connectivity index (χ3v) is 7.25. The van der Waals surface area contributed by atoms with Gasteiger partial charge in [0.05, 0.1) is 29.1 Å². The lowest BCUT2D eigenvalue weighted by Gasteiger charge is -2.19. The molecule has 0 aliphatic heterocycles. The summed E-state index contributed by atoms with van der Waals surface area (Å²) in [6, 6.07) is 19.3. The highest BCUT2D eigenvalue weighted by Gasteiger charge is 2.20. The third kappa shape index (κ3) is 6.47. The number of thiazole rings is 1. The summed E-state index contributed by atoms with van der Waals surface area (Å²) in [7, 11) is 0. The maximum Gasteiger partial charge on any atom is 0.229 e. The van der Waals surface area contributed by atoms with Gasteiger partial charge in [0.15, 0.2) is 5.13 Å². The quantitative estimate of drug-likeness (QED) is 0.177. The number of nitrogens with zero attached hydrogens (tertiary/aromatic N) is 3. The van der Waals surface area contributed by atoms with Crippen LogP contribution < -0.4 is 9.64 Å². The van der Waals surface area contributed by atoms with Crippen molar-refractivity contribution >= 4 is 56.0 Å². The van der Waals surface area contributed by atoms with Crippen LogP contribution in [0.5, 0.6) is 5.75 Å². The second kappa shape index (κ2) is 11.5. The number of fused-ring (bicyclic) bond motifs is 1. The van der Waals surface area contributed by atoms with Crippen LogP contribution in [0, 0.1) is 0 Å². The molecule has 170 valence electrons. The van der Waals surface area contributed by atoms with E-state index in [0.29, 0.717) is 24.7 Å². The third-order valence-electron chi connectivity index (χ3n) is 4.86. The van der Waals surface area contributed by atoms with Gasteiger partial charge in [0, 0.05) is 22.5 Å². The Morgan fingerprint density at radius 2 is 2.00 bits per heavy atom. The summed E-state index contributed by atoms with van der Waals surface area (Å²) in [5, 5.41) is 1.41. The molecule has 8 heteroatoms. The summed E-state index contributed by atoms with van der Waals surface area (Å²) in [6.45, 7) is 2.96. The first kappa shape index (κ1) is 23.5. The Balaban J connectivity index is 1.47. The molecule has 0 fully saturated rings. The number of benzene rings is 2. The van der Waals surface area contributed by atoms with Crippen molar-refractivity contribution in [3.05, 3.63) is 77.6 Å². The van der Waals surface area contributed by atoms with Crippen molar-refractivity contribution in [2.75, 3.05) is 17.3 Å². The van der Waals surface area contributed by atoms with E-state index >= 15 is 0 Å². The molecule has 0 aliphatic rings. The van der Waals surface area contributed by atoms with Crippen molar-refractivity contribution in [2.24, 2.45) is 0 Å². The molecule has 0 saturated carbocycles. The van der Waals surface area contributed by atoms with Crippen molar-refractivity contribution in [3.8, 4) is 5.75 Å². The fourth-order valence-corrected chi connectivity index (χ4v) is 5.25. The fourth-order valence-electron chi connectivity index (χ4n) is 3.26. The number of aromatic nitrogens is 2. The number of amides is 1. The zero-order valence-electron chi connectivity index (χ0n) is 18.2. The van der Waals surface area contributed by atoms with E-state index in [-0.39, 0.29) is 5.91 Å². The van der Waals surface area contributed by atoms with Crippen molar-refractivity contribution in [2.45, 2.75) is 31.2 Å². The predicted octanol–water partition coefficient (Wildman–Crippen LogP) is 6.85. The number of pyridine rings is 1. The average Bonchev–Trinajstić information content (AvgIpc) is 3.25. The zero-order chi connectivity index (χ0) is 23.0. The molecule has 33 heavy (non-hydrogen) atoms. The average molecular weight is 498 g/mol. The van der Waals surface area contributed by atoms with Crippen LogP contribution in [0.2, 0.25) is 5.02 Å². The van der Waals surface area contributed by atoms with Crippen LogP contribution in [-0.4, -0.2) is 28.2 Å². The van der Waals surface area contributed by atoms with Crippen LogP contribution in [0.3, 0.4) is 0 Å². The monoisotopic (exact) mass is 497 g/mol. The first-order valence-electron chi connectivity index (χ1n) is 10.7. The highest BCUT2D eigenvalue weighted by Crippen LogP contribution is 2.33. The van der Waals surface area contributed by atoms with Crippen LogP contribution in [-0.2, 0) is 11.3 Å². The van der Waals surface area contributed by atoms with Gasteiger partial charge in [-0.1, -0.05) is 29.0 Å². The molecule has 2 aromatic carbocycles. The lowest BCUT2D eigenvalue weighted by atomic mass is 10.2. The van der Waals surface area contributed by atoms with E-state index in [9.17, 15) is 4.79 Å². The first-order valence-corrected chi connectivity index (χ1v) is 12.9. The van der Waals surface area contributed by atoms with Crippen LogP contribution in [0.1, 0.15) is 25.5 Å². The topological polar surface area (TPSA) is 55.3 Å². The van der Waals surface area contributed by atoms with Crippen molar-refractivity contribution < 1.29 is 9.53 Å². The summed E-state index contributed by atoms with van der Waals surface area (Å²) < 4.78 is 6.61. The Bertz CT molecular complexity index is 1200. The van der Waals surface area contributed by atoms with E-state index in [1.807, 2.05) is 67.6 Å². The molecule has 2 aromatic heterocycles. The molecule has 0 aliphatic carbocycles. The summed E-state index contributed by atoms with van der Waals surface area (Å²) in [4.78, 5) is 25.3. The minimum atomic E-state index is 0.0430. The van der Waals surface area contributed by atoms with Crippen LogP contribution >= 0.6 is 34.7 Å². The molecule has 0 spiro atoms. The molecule has 4 rings (SSSR count).